The summed E-state index contributed by atoms with van der Waals surface area (Å²) >= 11 is 1.61. The molecule has 0 spiro atoms. The molecule has 0 aliphatic carbocycles. The van der Waals surface area contributed by atoms with Crippen molar-refractivity contribution in [2.75, 3.05) is 19.6 Å². The molecule has 9 heteroatoms. The molecule has 3 aromatic rings. The Morgan fingerprint density at radius 2 is 1.90 bits per heavy atom. The third kappa shape index (κ3) is 4.26. The van der Waals surface area contributed by atoms with Crippen LogP contribution in [0.2, 0.25) is 0 Å². The quantitative estimate of drug-likeness (QED) is 0.625. The zero-order valence-electron chi connectivity index (χ0n) is 15.8. The number of hydrogen-bond donors (Lipinski definition) is 1. The normalized spacial score (nSPS) is 16.0. The van der Waals surface area contributed by atoms with E-state index < -0.39 is 10.0 Å². The van der Waals surface area contributed by atoms with E-state index in [2.05, 4.69) is 10.4 Å². The summed E-state index contributed by atoms with van der Waals surface area (Å²) in [4.78, 5) is 13.9. The summed E-state index contributed by atoms with van der Waals surface area (Å²) in [5, 5.41) is 9.23. The zero-order chi connectivity index (χ0) is 20.3. The predicted molar refractivity (Wildman–Crippen MR) is 111 cm³/mol. The number of aromatic nitrogens is 2. The van der Waals surface area contributed by atoms with Crippen LogP contribution in [-0.4, -0.2) is 48.0 Å². The second-order valence-electron chi connectivity index (χ2n) is 6.86. The minimum absolute atomic E-state index is 0.0937. The van der Waals surface area contributed by atoms with Crippen LogP contribution < -0.4 is 5.32 Å². The van der Waals surface area contributed by atoms with Gasteiger partial charge in [0, 0.05) is 42.5 Å². The minimum Gasteiger partial charge on any atom is -0.350 e. The zero-order valence-corrected chi connectivity index (χ0v) is 17.4. The van der Waals surface area contributed by atoms with Gasteiger partial charge in [-0.3, -0.25) is 9.48 Å². The molecule has 7 nitrogen and oxygen atoms in total. The van der Waals surface area contributed by atoms with Crippen LogP contribution in [0, 0.1) is 0 Å². The van der Waals surface area contributed by atoms with Crippen LogP contribution >= 0.6 is 11.3 Å². The van der Waals surface area contributed by atoms with Crippen molar-refractivity contribution in [2.45, 2.75) is 23.8 Å². The average molecular weight is 431 g/mol. The maximum atomic E-state index is 12.6. The fraction of sp³-hybridized carbons (Fsp3) is 0.300. The number of nitrogens with zero attached hydrogens (tertiary/aromatic N) is 3. The lowest BCUT2D eigenvalue weighted by Gasteiger charge is -2.17. The van der Waals surface area contributed by atoms with Gasteiger partial charge in [-0.25, -0.2) is 8.42 Å². The summed E-state index contributed by atoms with van der Waals surface area (Å²) < 4.78 is 28.5. The maximum absolute atomic E-state index is 12.6. The van der Waals surface area contributed by atoms with Crippen molar-refractivity contribution < 1.29 is 13.2 Å². The molecule has 0 radical (unpaired) electrons. The number of amides is 1. The molecule has 1 aliphatic heterocycles. The predicted octanol–water partition coefficient (Wildman–Crippen LogP) is 2.75. The lowest BCUT2D eigenvalue weighted by Crippen LogP contribution is -2.31. The number of benzene rings is 1. The van der Waals surface area contributed by atoms with Crippen LogP contribution in [0.3, 0.4) is 0 Å². The van der Waals surface area contributed by atoms with Gasteiger partial charge in [0.25, 0.3) is 5.91 Å². The summed E-state index contributed by atoms with van der Waals surface area (Å²) in [5.74, 6) is -0.246. The van der Waals surface area contributed by atoms with Crippen molar-refractivity contribution in [1.29, 1.82) is 0 Å². The summed E-state index contributed by atoms with van der Waals surface area (Å²) in [6.07, 6.45) is 5.36. The number of sulfonamides is 1. The second-order valence-corrected chi connectivity index (χ2v) is 9.78. The van der Waals surface area contributed by atoms with Gasteiger partial charge in [0.05, 0.1) is 4.90 Å². The molecule has 0 bridgehead atoms. The van der Waals surface area contributed by atoms with E-state index in [1.165, 1.54) is 16.4 Å². The average Bonchev–Trinajstić information content (AvgIpc) is 3.52. The highest BCUT2D eigenvalue weighted by molar-refractivity contribution is 7.89. The molecular weight excluding hydrogens is 408 g/mol. The van der Waals surface area contributed by atoms with Crippen LogP contribution in [0.15, 0.2) is 65.1 Å². The summed E-state index contributed by atoms with van der Waals surface area (Å²) in [6, 6.07) is 11.9. The first-order valence-electron chi connectivity index (χ1n) is 9.46. The fourth-order valence-corrected chi connectivity index (χ4v) is 5.75. The largest absolute Gasteiger partial charge is 0.350 e. The lowest BCUT2D eigenvalue weighted by molar-refractivity contribution is 0.0949. The molecule has 4 rings (SSSR count). The minimum atomic E-state index is -3.47. The molecule has 0 saturated carbocycles. The van der Waals surface area contributed by atoms with Crippen molar-refractivity contribution in [3.63, 3.8) is 0 Å². The van der Waals surface area contributed by atoms with Gasteiger partial charge in [0.1, 0.15) is 6.04 Å². The van der Waals surface area contributed by atoms with E-state index in [4.69, 9.17) is 0 Å². The molecule has 1 saturated heterocycles. The molecule has 2 aromatic heterocycles. The highest BCUT2D eigenvalue weighted by Crippen LogP contribution is 2.23. The molecule has 1 N–H and O–H groups in total. The molecule has 152 valence electrons. The second kappa shape index (κ2) is 8.48. The van der Waals surface area contributed by atoms with Gasteiger partial charge >= 0.3 is 0 Å². The maximum Gasteiger partial charge on any atom is 0.251 e. The molecule has 1 unspecified atom stereocenters. The Morgan fingerprint density at radius 3 is 2.52 bits per heavy atom. The van der Waals surface area contributed by atoms with Crippen LogP contribution in [0.25, 0.3) is 0 Å². The number of thiophene rings is 1. The van der Waals surface area contributed by atoms with Crippen molar-refractivity contribution in [3.05, 3.63) is 70.7 Å². The molecule has 1 atom stereocenters. The molecule has 1 amide bonds. The Hall–Kier alpha value is -2.49. The fourth-order valence-electron chi connectivity index (χ4n) is 3.42. The number of carbonyl (C=O) groups is 1. The van der Waals surface area contributed by atoms with Gasteiger partial charge in [0.2, 0.25) is 10.0 Å². The van der Waals surface area contributed by atoms with E-state index in [0.717, 1.165) is 17.7 Å². The van der Waals surface area contributed by atoms with Gasteiger partial charge in [-0.1, -0.05) is 6.07 Å². The van der Waals surface area contributed by atoms with Crippen LogP contribution in [0.1, 0.15) is 34.1 Å². The van der Waals surface area contributed by atoms with E-state index in [0.29, 0.717) is 25.2 Å². The molecule has 1 fully saturated rings. The van der Waals surface area contributed by atoms with Gasteiger partial charge in [-0.05, 0) is 54.6 Å². The van der Waals surface area contributed by atoms with Crippen LogP contribution in [0.5, 0.6) is 0 Å². The van der Waals surface area contributed by atoms with Gasteiger partial charge in [0.15, 0.2) is 0 Å². The Kier molecular flexibility index (Phi) is 5.79. The van der Waals surface area contributed by atoms with E-state index in [9.17, 15) is 13.2 Å². The smallest absolute Gasteiger partial charge is 0.251 e. The first-order chi connectivity index (χ1) is 14.1. The van der Waals surface area contributed by atoms with Crippen LogP contribution in [-0.2, 0) is 10.0 Å². The number of carbonyl (C=O) groups excluding carboxylic acids is 1. The SMILES string of the molecule is O=C(NCC(c1cccs1)n1cccn1)c1ccc(S(=O)(=O)N2CCCC2)cc1. The number of rotatable bonds is 7. The van der Waals surface area contributed by atoms with Crippen molar-refractivity contribution >= 4 is 27.3 Å². The van der Waals surface area contributed by atoms with Crippen LogP contribution in [0.4, 0.5) is 0 Å². The molecule has 1 aliphatic rings. The third-order valence-electron chi connectivity index (χ3n) is 4.99. The summed E-state index contributed by atoms with van der Waals surface area (Å²) in [6.45, 7) is 1.50. The van der Waals surface area contributed by atoms with Gasteiger partial charge < -0.3 is 5.32 Å². The molecular formula is C20H22N4O3S2. The van der Waals surface area contributed by atoms with Gasteiger partial charge in [-0.15, -0.1) is 11.3 Å². The number of nitrogens with one attached hydrogen (secondary N) is 1. The molecule has 29 heavy (non-hydrogen) atoms. The first kappa shape index (κ1) is 19.8. The lowest BCUT2D eigenvalue weighted by atomic mass is 10.2. The molecule has 1 aromatic carbocycles. The van der Waals surface area contributed by atoms with E-state index in [1.807, 2.05) is 34.5 Å². The standard InChI is InChI=1S/C20H22N4O3S2/c25-20(21-15-18(19-5-3-14-28-19)24-13-4-10-22-24)16-6-8-17(9-7-16)29(26,27)23-11-1-2-12-23/h3-10,13-14,18H,1-2,11-12,15H2,(H,21,25). The first-order valence-corrected chi connectivity index (χ1v) is 11.8. The highest BCUT2D eigenvalue weighted by Gasteiger charge is 2.27. The summed E-state index contributed by atoms with van der Waals surface area (Å²) in [5.41, 5.74) is 0.427. The summed E-state index contributed by atoms with van der Waals surface area (Å²) in [7, 11) is -3.47. The Morgan fingerprint density at radius 1 is 1.14 bits per heavy atom. The Labute approximate surface area is 174 Å². The van der Waals surface area contributed by atoms with Crippen molar-refractivity contribution in [3.8, 4) is 0 Å². The monoisotopic (exact) mass is 430 g/mol. The van der Waals surface area contributed by atoms with Crippen molar-refractivity contribution in [2.24, 2.45) is 0 Å². The Balaban J connectivity index is 1.44. The Bertz CT molecular complexity index is 1010. The van der Waals surface area contributed by atoms with Crippen molar-refractivity contribution in [1.82, 2.24) is 19.4 Å². The van der Waals surface area contributed by atoms with Gasteiger partial charge in [-0.2, -0.15) is 9.40 Å². The topological polar surface area (TPSA) is 84.3 Å². The highest BCUT2D eigenvalue weighted by atomic mass is 32.2. The number of hydrogen-bond acceptors (Lipinski definition) is 5. The van der Waals surface area contributed by atoms with E-state index in [1.54, 1.807) is 29.7 Å². The molecule has 3 heterocycles. The van der Waals surface area contributed by atoms with E-state index >= 15 is 0 Å². The van der Waals surface area contributed by atoms with E-state index in [-0.39, 0.29) is 16.8 Å². The third-order valence-corrected chi connectivity index (χ3v) is 7.88.